The van der Waals surface area contributed by atoms with E-state index in [0.29, 0.717) is 23.3 Å². The van der Waals surface area contributed by atoms with E-state index in [9.17, 15) is 4.79 Å². The molecule has 2 aromatic rings. The predicted octanol–water partition coefficient (Wildman–Crippen LogP) is 2.43. The van der Waals surface area contributed by atoms with Crippen LogP contribution in [0.2, 0.25) is 0 Å². The minimum atomic E-state index is -0.400. The average molecular weight is 296 g/mol. The van der Waals surface area contributed by atoms with Gasteiger partial charge in [0.25, 0.3) is 0 Å². The van der Waals surface area contributed by atoms with E-state index in [4.69, 9.17) is 15.7 Å². The molecule has 1 atom stereocenters. The number of nitriles is 1. The fourth-order valence-electron chi connectivity index (χ4n) is 2.09. The van der Waals surface area contributed by atoms with E-state index in [1.807, 2.05) is 13.8 Å². The summed E-state index contributed by atoms with van der Waals surface area (Å²) in [7, 11) is 0. The zero-order chi connectivity index (χ0) is 16.1. The Labute approximate surface area is 128 Å². The van der Waals surface area contributed by atoms with Crippen LogP contribution >= 0.6 is 0 Å². The third kappa shape index (κ3) is 3.38. The van der Waals surface area contributed by atoms with Gasteiger partial charge < -0.3 is 10.5 Å². The fourth-order valence-corrected chi connectivity index (χ4v) is 2.09. The van der Waals surface area contributed by atoms with Crippen molar-refractivity contribution in [3.05, 3.63) is 47.3 Å². The van der Waals surface area contributed by atoms with Gasteiger partial charge in [-0.15, -0.1) is 0 Å². The highest BCUT2D eigenvalue weighted by Crippen LogP contribution is 2.24. The second kappa shape index (κ2) is 6.68. The summed E-state index contributed by atoms with van der Waals surface area (Å²) in [5, 5.41) is 8.84. The standard InChI is InChI=1S/C16H16N4O2/c1-3-13(15(18)21)12-8-19-16(20-9-12)22-14-5-4-11(7-17)6-10(14)2/h4-6,8-9,13H,3H2,1-2H3,(H2,18,21). The van der Waals surface area contributed by atoms with Crippen molar-refractivity contribution in [1.29, 1.82) is 5.26 Å². The van der Waals surface area contributed by atoms with Crippen molar-refractivity contribution >= 4 is 5.91 Å². The number of carbonyl (C=O) groups excluding carboxylic acids is 1. The lowest BCUT2D eigenvalue weighted by atomic mass is 9.99. The molecule has 0 aliphatic heterocycles. The van der Waals surface area contributed by atoms with Crippen LogP contribution in [0.5, 0.6) is 11.8 Å². The highest BCUT2D eigenvalue weighted by Gasteiger charge is 2.16. The van der Waals surface area contributed by atoms with Crippen LogP contribution < -0.4 is 10.5 Å². The van der Waals surface area contributed by atoms with Gasteiger partial charge in [0.1, 0.15) is 5.75 Å². The fraction of sp³-hybridized carbons (Fsp3) is 0.250. The molecule has 0 radical (unpaired) electrons. The highest BCUT2D eigenvalue weighted by atomic mass is 16.5. The Kier molecular flexibility index (Phi) is 4.69. The minimum absolute atomic E-state index is 0.177. The van der Waals surface area contributed by atoms with Gasteiger partial charge in [-0.05, 0) is 37.1 Å². The van der Waals surface area contributed by atoms with Gasteiger partial charge in [-0.25, -0.2) is 9.97 Å². The van der Waals surface area contributed by atoms with Crippen LogP contribution in [-0.4, -0.2) is 15.9 Å². The van der Waals surface area contributed by atoms with E-state index < -0.39 is 11.8 Å². The third-order valence-corrected chi connectivity index (χ3v) is 3.31. The SMILES string of the molecule is CCC(C(N)=O)c1cnc(Oc2ccc(C#N)cc2C)nc1. The summed E-state index contributed by atoms with van der Waals surface area (Å²) >= 11 is 0. The van der Waals surface area contributed by atoms with Crippen molar-refractivity contribution < 1.29 is 9.53 Å². The summed E-state index contributed by atoms with van der Waals surface area (Å²) in [6, 6.07) is 7.33. The largest absolute Gasteiger partial charge is 0.424 e. The van der Waals surface area contributed by atoms with Crippen molar-refractivity contribution in [2.75, 3.05) is 0 Å². The maximum Gasteiger partial charge on any atom is 0.321 e. The number of aryl methyl sites for hydroxylation is 1. The van der Waals surface area contributed by atoms with Crippen molar-refractivity contribution in [2.24, 2.45) is 5.73 Å². The maximum absolute atomic E-state index is 11.3. The average Bonchev–Trinajstić information content (AvgIpc) is 2.51. The summed E-state index contributed by atoms with van der Waals surface area (Å²) in [6.45, 7) is 3.71. The zero-order valence-electron chi connectivity index (χ0n) is 12.4. The van der Waals surface area contributed by atoms with Crippen molar-refractivity contribution in [3.63, 3.8) is 0 Å². The number of primary amides is 1. The monoisotopic (exact) mass is 296 g/mol. The van der Waals surface area contributed by atoms with Gasteiger partial charge in [0, 0.05) is 18.0 Å². The van der Waals surface area contributed by atoms with Gasteiger partial charge in [-0.1, -0.05) is 6.92 Å². The van der Waals surface area contributed by atoms with E-state index >= 15 is 0 Å². The summed E-state index contributed by atoms with van der Waals surface area (Å²) in [4.78, 5) is 19.5. The molecule has 1 amide bonds. The molecule has 0 saturated heterocycles. The number of rotatable bonds is 5. The summed E-state index contributed by atoms with van der Waals surface area (Å²) < 4.78 is 5.59. The Morgan fingerprint density at radius 2 is 2.09 bits per heavy atom. The first-order valence-electron chi connectivity index (χ1n) is 6.85. The Hall–Kier alpha value is -2.94. The van der Waals surface area contributed by atoms with Crippen molar-refractivity contribution in [2.45, 2.75) is 26.2 Å². The molecule has 1 aromatic carbocycles. The summed E-state index contributed by atoms with van der Waals surface area (Å²) in [6.07, 6.45) is 3.67. The number of aromatic nitrogens is 2. The van der Waals surface area contributed by atoms with Gasteiger partial charge >= 0.3 is 6.01 Å². The first-order chi connectivity index (χ1) is 10.5. The van der Waals surface area contributed by atoms with Crippen molar-refractivity contribution in [3.8, 4) is 17.8 Å². The number of nitrogens with zero attached hydrogens (tertiary/aromatic N) is 3. The third-order valence-electron chi connectivity index (χ3n) is 3.31. The quantitative estimate of drug-likeness (QED) is 0.912. The normalized spacial score (nSPS) is 11.5. The van der Waals surface area contributed by atoms with Gasteiger partial charge in [0.05, 0.1) is 17.6 Å². The van der Waals surface area contributed by atoms with Gasteiger partial charge in [-0.3, -0.25) is 4.79 Å². The molecular weight excluding hydrogens is 280 g/mol. The van der Waals surface area contributed by atoms with E-state index in [1.165, 1.54) is 0 Å². The number of amides is 1. The topological polar surface area (TPSA) is 102 Å². The molecule has 112 valence electrons. The van der Waals surface area contributed by atoms with Crippen LogP contribution in [0.3, 0.4) is 0 Å². The van der Waals surface area contributed by atoms with Crippen LogP contribution in [0.15, 0.2) is 30.6 Å². The molecule has 0 aliphatic carbocycles. The molecule has 1 unspecified atom stereocenters. The number of nitrogens with two attached hydrogens (primary N) is 1. The van der Waals surface area contributed by atoms with E-state index in [2.05, 4.69) is 16.0 Å². The summed E-state index contributed by atoms with van der Waals surface area (Å²) in [5.41, 5.74) is 7.38. The highest BCUT2D eigenvalue weighted by molar-refractivity contribution is 5.81. The van der Waals surface area contributed by atoms with Gasteiger partial charge in [0.15, 0.2) is 0 Å². The lowest BCUT2D eigenvalue weighted by Gasteiger charge is -2.11. The first-order valence-corrected chi connectivity index (χ1v) is 6.85. The van der Waals surface area contributed by atoms with Gasteiger partial charge in [0.2, 0.25) is 5.91 Å². The summed E-state index contributed by atoms with van der Waals surface area (Å²) in [5.74, 6) is -0.220. The Balaban J connectivity index is 2.18. The van der Waals surface area contributed by atoms with Crippen LogP contribution in [0.4, 0.5) is 0 Å². The van der Waals surface area contributed by atoms with Crippen LogP contribution in [0.1, 0.15) is 36.0 Å². The molecular formula is C16H16N4O2. The zero-order valence-corrected chi connectivity index (χ0v) is 12.4. The lowest BCUT2D eigenvalue weighted by Crippen LogP contribution is -2.21. The number of hydrogen-bond donors (Lipinski definition) is 1. The molecule has 22 heavy (non-hydrogen) atoms. The number of ether oxygens (including phenoxy) is 1. The number of benzene rings is 1. The molecule has 2 N–H and O–H groups in total. The van der Waals surface area contributed by atoms with Crippen molar-refractivity contribution in [1.82, 2.24) is 9.97 Å². The minimum Gasteiger partial charge on any atom is -0.424 e. The van der Waals surface area contributed by atoms with E-state index in [1.54, 1.807) is 30.6 Å². The van der Waals surface area contributed by atoms with E-state index in [-0.39, 0.29) is 6.01 Å². The molecule has 0 bridgehead atoms. The van der Waals surface area contributed by atoms with E-state index in [0.717, 1.165) is 5.56 Å². The molecule has 1 heterocycles. The molecule has 6 nitrogen and oxygen atoms in total. The molecule has 0 spiro atoms. The molecule has 2 rings (SSSR count). The molecule has 0 saturated carbocycles. The number of hydrogen-bond acceptors (Lipinski definition) is 5. The van der Waals surface area contributed by atoms with Crippen LogP contribution in [0, 0.1) is 18.3 Å². The Bertz CT molecular complexity index is 720. The second-order valence-corrected chi connectivity index (χ2v) is 4.86. The van der Waals surface area contributed by atoms with Crippen LogP contribution in [0.25, 0.3) is 0 Å². The smallest absolute Gasteiger partial charge is 0.321 e. The molecule has 0 fully saturated rings. The molecule has 0 aliphatic rings. The second-order valence-electron chi connectivity index (χ2n) is 4.86. The Morgan fingerprint density at radius 3 is 2.59 bits per heavy atom. The predicted molar refractivity (Wildman–Crippen MR) is 80.2 cm³/mol. The maximum atomic E-state index is 11.3. The molecule has 1 aromatic heterocycles. The lowest BCUT2D eigenvalue weighted by molar-refractivity contribution is -0.119. The number of carbonyl (C=O) groups is 1. The van der Waals surface area contributed by atoms with Crippen LogP contribution in [-0.2, 0) is 4.79 Å². The first kappa shape index (κ1) is 15.4. The Morgan fingerprint density at radius 1 is 1.41 bits per heavy atom. The molecule has 6 heteroatoms. The van der Waals surface area contributed by atoms with Gasteiger partial charge in [-0.2, -0.15) is 5.26 Å².